The smallest absolute Gasteiger partial charge is 0.156 e. The van der Waals surface area contributed by atoms with Crippen molar-refractivity contribution in [1.29, 1.82) is 0 Å². The molecule has 10 rings (SSSR count). The molecule has 296 valence electrons. The first kappa shape index (κ1) is 40.3. The van der Waals surface area contributed by atoms with E-state index in [1.807, 2.05) is 33.8 Å². The summed E-state index contributed by atoms with van der Waals surface area (Å²) >= 11 is 0. The van der Waals surface area contributed by atoms with Crippen molar-refractivity contribution in [1.82, 2.24) is 0 Å². The van der Waals surface area contributed by atoms with E-state index in [0.29, 0.717) is 66.2 Å². The Kier molecular flexibility index (Phi) is 11.9. The molecular formula is C52H64O4. The molecule has 4 heteroatoms. The lowest BCUT2D eigenvalue weighted by Gasteiger charge is -2.50. The summed E-state index contributed by atoms with van der Waals surface area (Å²) in [5.41, 5.74) is 12.4. The van der Waals surface area contributed by atoms with Crippen molar-refractivity contribution in [3.63, 3.8) is 0 Å². The van der Waals surface area contributed by atoms with E-state index in [4.69, 9.17) is 0 Å². The molecule has 2 aromatic rings. The molecule has 0 aliphatic heterocycles. The summed E-state index contributed by atoms with van der Waals surface area (Å²) < 4.78 is 0. The fraction of sp³-hybridized carbons (Fsp3) is 0.538. The number of ketones is 4. The Morgan fingerprint density at radius 1 is 0.571 bits per heavy atom. The van der Waals surface area contributed by atoms with Gasteiger partial charge in [-0.2, -0.15) is 0 Å². The summed E-state index contributed by atoms with van der Waals surface area (Å²) in [4.78, 5) is 49.6. The SMILES string of the molecule is CC.CC.C[C@]12CC(c3ccccc3)=C3C4=C(CCC3C1CCC2=O)CC(=O)CC4.C[C@]12C[C@@H](c3ccccc3)C3=C4CCC(=O)C=C4CCC3C1CCC2=O. The van der Waals surface area contributed by atoms with Crippen molar-refractivity contribution in [2.75, 3.05) is 0 Å². The Labute approximate surface area is 336 Å². The molecule has 0 bridgehead atoms. The van der Waals surface area contributed by atoms with Crippen molar-refractivity contribution in [3.05, 3.63) is 111 Å². The van der Waals surface area contributed by atoms with E-state index in [-0.39, 0.29) is 16.6 Å². The molecule has 3 fully saturated rings. The molecule has 56 heavy (non-hydrogen) atoms. The fourth-order valence-electron chi connectivity index (χ4n) is 12.7. The zero-order chi connectivity index (χ0) is 39.8. The summed E-state index contributed by atoms with van der Waals surface area (Å²) in [6.07, 6.45) is 15.4. The van der Waals surface area contributed by atoms with Crippen LogP contribution in [0, 0.1) is 34.5 Å². The number of hydrogen-bond donors (Lipinski definition) is 0. The number of rotatable bonds is 2. The van der Waals surface area contributed by atoms with E-state index < -0.39 is 0 Å². The third-order valence-corrected chi connectivity index (χ3v) is 15.2. The highest BCUT2D eigenvalue weighted by molar-refractivity contribution is 5.94. The van der Waals surface area contributed by atoms with Crippen LogP contribution in [0.4, 0.5) is 0 Å². The number of carbonyl (C=O) groups is 4. The molecule has 8 aliphatic rings. The largest absolute Gasteiger partial charge is 0.299 e. The maximum atomic E-state index is 12.8. The van der Waals surface area contributed by atoms with E-state index in [0.717, 1.165) is 77.0 Å². The lowest BCUT2D eigenvalue weighted by atomic mass is 9.53. The third-order valence-electron chi connectivity index (χ3n) is 15.2. The van der Waals surface area contributed by atoms with Crippen LogP contribution in [0.1, 0.15) is 155 Å². The summed E-state index contributed by atoms with van der Waals surface area (Å²) in [7, 11) is 0. The predicted molar refractivity (Wildman–Crippen MR) is 227 cm³/mol. The van der Waals surface area contributed by atoms with Crippen LogP contribution in [0.3, 0.4) is 0 Å². The van der Waals surface area contributed by atoms with Gasteiger partial charge in [-0.15, -0.1) is 0 Å². The molecule has 7 atom stereocenters. The summed E-state index contributed by atoms with van der Waals surface area (Å²) in [6, 6.07) is 21.4. The Morgan fingerprint density at radius 3 is 1.88 bits per heavy atom. The van der Waals surface area contributed by atoms with Crippen LogP contribution in [0.2, 0.25) is 0 Å². The molecule has 0 saturated heterocycles. The monoisotopic (exact) mass is 752 g/mol. The molecule has 0 amide bonds. The van der Waals surface area contributed by atoms with Crippen LogP contribution in [0.15, 0.2) is 100 Å². The average Bonchev–Trinajstić information content (AvgIpc) is 3.71. The molecular weight excluding hydrogens is 689 g/mol. The van der Waals surface area contributed by atoms with Gasteiger partial charge in [-0.25, -0.2) is 0 Å². The highest BCUT2D eigenvalue weighted by Gasteiger charge is 2.57. The lowest BCUT2D eigenvalue weighted by Crippen LogP contribution is -2.43. The van der Waals surface area contributed by atoms with E-state index in [1.165, 1.54) is 44.6 Å². The minimum absolute atomic E-state index is 0.166. The lowest BCUT2D eigenvalue weighted by molar-refractivity contribution is -0.128. The number of fused-ring (bicyclic) bond motifs is 8. The third kappa shape index (κ3) is 6.92. The number of hydrogen-bond acceptors (Lipinski definition) is 4. The molecule has 8 aliphatic carbocycles. The van der Waals surface area contributed by atoms with Crippen LogP contribution < -0.4 is 0 Å². The van der Waals surface area contributed by atoms with Gasteiger partial charge in [0.05, 0.1) is 0 Å². The zero-order valence-corrected chi connectivity index (χ0v) is 35.0. The van der Waals surface area contributed by atoms with Gasteiger partial charge < -0.3 is 0 Å². The summed E-state index contributed by atoms with van der Waals surface area (Å²) in [6.45, 7) is 12.5. The standard InChI is InChI=1S/2C24H26O2.2C2H6/c2*1-24-14-20(15-5-3-2-4-6-15)23-18-10-8-17(25)13-16(18)7-9-19(23)21(24)11-12-22(24)26;2*1-2/h2-6,19,21H,7-14H2,1H3;2-6,13,19-21H,7-12,14H2,1H3;2*1-2H3/t19?,21?,24-;19?,20-,21?,24-;;/m00../s1. The van der Waals surface area contributed by atoms with Crippen molar-refractivity contribution in [2.45, 2.75) is 144 Å². The van der Waals surface area contributed by atoms with E-state index in [2.05, 4.69) is 74.5 Å². The molecule has 4 nitrogen and oxygen atoms in total. The van der Waals surface area contributed by atoms with Crippen LogP contribution in [0.5, 0.6) is 0 Å². The van der Waals surface area contributed by atoms with E-state index in [9.17, 15) is 19.2 Å². The first-order valence-electron chi connectivity index (χ1n) is 22.3. The van der Waals surface area contributed by atoms with E-state index in [1.54, 1.807) is 5.57 Å². The van der Waals surface area contributed by atoms with Crippen LogP contribution >= 0.6 is 0 Å². The quantitative estimate of drug-likeness (QED) is 0.306. The summed E-state index contributed by atoms with van der Waals surface area (Å²) in [5, 5.41) is 0. The van der Waals surface area contributed by atoms with Gasteiger partial charge in [-0.3, -0.25) is 19.2 Å². The van der Waals surface area contributed by atoms with Crippen molar-refractivity contribution < 1.29 is 19.2 Å². The molecule has 0 spiro atoms. The van der Waals surface area contributed by atoms with Crippen LogP contribution in [-0.4, -0.2) is 23.1 Å². The first-order valence-corrected chi connectivity index (χ1v) is 22.3. The normalized spacial score (nSPS) is 32.8. The van der Waals surface area contributed by atoms with Crippen LogP contribution in [-0.2, 0) is 19.2 Å². The van der Waals surface area contributed by atoms with Gasteiger partial charge in [0, 0.05) is 48.9 Å². The van der Waals surface area contributed by atoms with Gasteiger partial charge in [-0.05, 0) is 133 Å². The topological polar surface area (TPSA) is 68.3 Å². The van der Waals surface area contributed by atoms with Crippen molar-refractivity contribution in [3.8, 4) is 0 Å². The number of Topliss-reactive ketones (excluding diaryl/α,β-unsaturated/α-hetero) is 3. The first-order chi connectivity index (χ1) is 27.2. The van der Waals surface area contributed by atoms with Crippen molar-refractivity contribution >= 4 is 28.7 Å². The maximum absolute atomic E-state index is 12.8. The van der Waals surface area contributed by atoms with Gasteiger partial charge in [0.25, 0.3) is 0 Å². The predicted octanol–water partition coefficient (Wildman–Crippen LogP) is 12.5. The molecule has 0 aromatic heterocycles. The van der Waals surface area contributed by atoms with Gasteiger partial charge in [-0.1, -0.05) is 113 Å². The molecule has 4 unspecified atom stereocenters. The zero-order valence-electron chi connectivity index (χ0n) is 35.0. The van der Waals surface area contributed by atoms with Gasteiger partial charge >= 0.3 is 0 Å². The summed E-state index contributed by atoms with van der Waals surface area (Å²) in [5.74, 6) is 3.98. The van der Waals surface area contributed by atoms with E-state index >= 15 is 0 Å². The molecule has 0 N–H and O–H groups in total. The number of carbonyl (C=O) groups excluding carboxylic acids is 4. The highest BCUT2D eigenvalue weighted by atomic mass is 16.1. The van der Waals surface area contributed by atoms with Gasteiger partial charge in [0.1, 0.15) is 17.3 Å². The molecule has 0 heterocycles. The maximum Gasteiger partial charge on any atom is 0.156 e. The number of benzene rings is 2. The second kappa shape index (κ2) is 16.5. The second-order valence-corrected chi connectivity index (χ2v) is 17.7. The Hall–Kier alpha value is -3.92. The molecule has 3 saturated carbocycles. The van der Waals surface area contributed by atoms with Gasteiger partial charge in [0.2, 0.25) is 0 Å². The molecule has 2 aromatic carbocycles. The second-order valence-electron chi connectivity index (χ2n) is 17.7. The minimum Gasteiger partial charge on any atom is -0.299 e. The fourth-order valence-corrected chi connectivity index (χ4v) is 12.7. The van der Waals surface area contributed by atoms with Crippen LogP contribution in [0.25, 0.3) is 5.57 Å². The Balaban J connectivity index is 0.000000158. The highest BCUT2D eigenvalue weighted by Crippen LogP contribution is 2.63. The Morgan fingerprint density at radius 2 is 1.18 bits per heavy atom. The van der Waals surface area contributed by atoms with Gasteiger partial charge in [0.15, 0.2) is 5.78 Å². The molecule has 0 radical (unpaired) electrons. The Bertz CT molecular complexity index is 1990. The average molecular weight is 753 g/mol. The van der Waals surface area contributed by atoms with Crippen molar-refractivity contribution in [2.24, 2.45) is 34.5 Å². The minimum atomic E-state index is -0.193. The number of allylic oxidation sites excluding steroid dienone is 8.